The van der Waals surface area contributed by atoms with Gasteiger partial charge in [-0.1, -0.05) is 0 Å². The van der Waals surface area contributed by atoms with Crippen LogP contribution in [-0.4, -0.2) is 78.1 Å². The van der Waals surface area contributed by atoms with Gasteiger partial charge in [-0.05, 0) is 53.0 Å². The van der Waals surface area contributed by atoms with Gasteiger partial charge in [0.2, 0.25) is 5.95 Å². The van der Waals surface area contributed by atoms with E-state index in [9.17, 15) is 0 Å². The van der Waals surface area contributed by atoms with Crippen molar-refractivity contribution in [2.24, 2.45) is 5.92 Å². The van der Waals surface area contributed by atoms with Crippen LogP contribution >= 0.6 is 0 Å². The Hall–Kier alpha value is -1.22. The largest absolute Gasteiger partial charge is 0.498 e. The molecule has 3 rings (SSSR count). The zero-order valence-electron chi connectivity index (χ0n) is 17.3. The number of β-amino-alcohol motifs (C(OH)–C–C–N with tert-alkyl or cyclic N) is 1. The van der Waals surface area contributed by atoms with Gasteiger partial charge >= 0.3 is 7.12 Å². The Balaban J connectivity index is 1.59. The van der Waals surface area contributed by atoms with Gasteiger partial charge in [0, 0.05) is 44.5 Å². The second-order valence-corrected chi connectivity index (χ2v) is 8.82. The van der Waals surface area contributed by atoms with Gasteiger partial charge in [-0.15, -0.1) is 0 Å². The van der Waals surface area contributed by atoms with Gasteiger partial charge in [0.05, 0.1) is 17.8 Å². The summed E-state index contributed by atoms with van der Waals surface area (Å²) in [4.78, 5) is 13.5. The van der Waals surface area contributed by atoms with Crippen molar-refractivity contribution >= 4 is 18.5 Å². The SMILES string of the molecule is CN(C[C@H]1CCCN(CCO)C1)c1ncc(B2OC(C)(C)C(C)(C)O2)cn1. The van der Waals surface area contributed by atoms with E-state index in [1.165, 1.54) is 12.8 Å². The summed E-state index contributed by atoms with van der Waals surface area (Å²) in [6, 6.07) is 0. The highest BCUT2D eigenvalue weighted by Crippen LogP contribution is 2.36. The summed E-state index contributed by atoms with van der Waals surface area (Å²) in [5, 5.41) is 9.15. The molecular formula is C19H33BN4O3. The molecule has 0 amide bonds. The van der Waals surface area contributed by atoms with E-state index in [2.05, 4.69) is 19.8 Å². The highest BCUT2D eigenvalue weighted by molar-refractivity contribution is 6.61. The molecule has 0 spiro atoms. The molecule has 27 heavy (non-hydrogen) atoms. The number of rotatable bonds is 6. The molecule has 0 radical (unpaired) electrons. The van der Waals surface area contributed by atoms with Crippen LogP contribution in [0.15, 0.2) is 12.4 Å². The molecule has 2 saturated heterocycles. The van der Waals surface area contributed by atoms with Crippen molar-refractivity contribution in [2.45, 2.75) is 51.7 Å². The van der Waals surface area contributed by atoms with E-state index < -0.39 is 7.12 Å². The second-order valence-electron chi connectivity index (χ2n) is 8.82. The number of aromatic nitrogens is 2. The number of likely N-dealkylation sites (tertiary alicyclic amines) is 1. The Kier molecular flexibility index (Phi) is 6.10. The van der Waals surface area contributed by atoms with Crippen LogP contribution in [0.4, 0.5) is 5.95 Å². The number of hydrogen-bond acceptors (Lipinski definition) is 7. The Morgan fingerprint density at radius 3 is 2.44 bits per heavy atom. The van der Waals surface area contributed by atoms with E-state index >= 15 is 0 Å². The first-order chi connectivity index (χ1) is 12.7. The monoisotopic (exact) mass is 376 g/mol. The summed E-state index contributed by atoms with van der Waals surface area (Å²) in [5.74, 6) is 1.29. The third-order valence-corrected chi connectivity index (χ3v) is 6.08. The van der Waals surface area contributed by atoms with Crippen molar-refractivity contribution < 1.29 is 14.4 Å². The minimum atomic E-state index is -0.431. The maximum atomic E-state index is 9.15. The van der Waals surface area contributed by atoms with Crippen LogP contribution in [0, 0.1) is 5.92 Å². The van der Waals surface area contributed by atoms with Crippen LogP contribution in [0.5, 0.6) is 0 Å². The van der Waals surface area contributed by atoms with E-state index in [0.717, 1.165) is 37.6 Å². The van der Waals surface area contributed by atoms with E-state index in [0.29, 0.717) is 5.92 Å². The Morgan fingerprint density at radius 2 is 1.85 bits per heavy atom. The average molecular weight is 376 g/mol. The summed E-state index contributed by atoms with van der Waals surface area (Å²) < 4.78 is 12.1. The van der Waals surface area contributed by atoms with Gasteiger partial charge in [0.15, 0.2) is 0 Å². The van der Waals surface area contributed by atoms with Gasteiger partial charge in [-0.25, -0.2) is 9.97 Å². The maximum Gasteiger partial charge on any atom is 0.498 e. The Labute approximate surface area is 163 Å². The van der Waals surface area contributed by atoms with Gasteiger partial charge < -0.3 is 24.2 Å². The minimum absolute atomic E-state index is 0.228. The molecule has 1 aromatic heterocycles. The number of anilines is 1. The molecule has 0 unspecified atom stereocenters. The molecule has 1 aromatic rings. The molecule has 150 valence electrons. The molecule has 1 atom stereocenters. The van der Waals surface area contributed by atoms with E-state index in [1.807, 2.05) is 34.7 Å². The Bertz CT molecular complexity index is 608. The normalized spacial score (nSPS) is 25.0. The van der Waals surface area contributed by atoms with E-state index in [1.54, 1.807) is 12.4 Å². The van der Waals surface area contributed by atoms with E-state index in [-0.39, 0.29) is 17.8 Å². The zero-order chi connectivity index (χ0) is 19.7. The predicted octanol–water partition coefficient (Wildman–Crippen LogP) is 0.916. The van der Waals surface area contributed by atoms with Crippen molar-refractivity contribution in [3.63, 3.8) is 0 Å². The number of piperidine rings is 1. The van der Waals surface area contributed by atoms with Gasteiger partial charge in [0.25, 0.3) is 0 Å². The third-order valence-electron chi connectivity index (χ3n) is 6.08. The summed E-state index contributed by atoms with van der Waals surface area (Å²) in [6.45, 7) is 12.2. The summed E-state index contributed by atoms with van der Waals surface area (Å²) in [5.41, 5.74) is 0.112. The van der Waals surface area contributed by atoms with Crippen LogP contribution in [0.25, 0.3) is 0 Å². The van der Waals surface area contributed by atoms with Crippen molar-refractivity contribution in [1.29, 1.82) is 0 Å². The number of hydrogen-bond donors (Lipinski definition) is 1. The molecule has 2 aliphatic heterocycles. The molecule has 2 fully saturated rings. The molecule has 7 nitrogen and oxygen atoms in total. The van der Waals surface area contributed by atoms with Crippen LogP contribution in [0.1, 0.15) is 40.5 Å². The lowest BCUT2D eigenvalue weighted by molar-refractivity contribution is 0.00578. The second kappa shape index (κ2) is 8.03. The fourth-order valence-electron chi connectivity index (χ4n) is 3.74. The fraction of sp³-hybridized carbons (Fsp3) is 0.789. The standard InChI is InChI=1S/C19H33BN4O3/c1-18(2)19(3,4)27-20(26-18)16-11-21-17(22-12-16)23(5)13-15-7-6-8-24(14-15)9-10-25/h11-12,15,25H,6-10,13-14H2,1-5H3/t15-/m1/s1. The molecular weight excluding hydrogens is 343 g/mol. The molecule has 2 aliphatic rings. The molecule has 3 heterocycles. The lowest BCUT2D eigenvalue weighted by Gasteiger charge is -2.34. The van der Waals surface area contributed by atoms with Crippen LogP contribution < -0.4 is 10.4 Å². The molecule has 1 N–H and O–H groups in total. The molecule has 0 bridgehead atoms. The summed E-state index contributed by atoms with van der Waals surface area (Å²) in [7, 11) is 1.61. The number of nitrogens with zero attached hydrogens (tertiary/aromatic N) is 4. The minimum Gasteiger partial charge on any atom is -0.399 e. The smallest absolute Gasteiger partial charge is 0.399 e. The van der Waals surface area contributed by atoms with Gasteiger partial charge in [-0.2, -0.15) is 0 Å². The fourth-order valence-corrected chi connectivity index (χ4v) is 3.74. The summed E-state index contributed by atoms with van der Waals surface area (Å²) in [6.07, 6.45) is 6.00. The maximum absolute atomic E-state index is 9.15. The van der Waals surface area contributed by atoms with Gasteiger partial charge in [0.1, 0.15) is 0 Å². The Morgan fingerprint density at radius 1 is 1.22 bits per heavy atom. The predicted molar refractivity (Wildman–Crippen MR) is 107 cm³/mol. The topological polar surface area (TPSA) is 71.0 Å². The van der Waals surface area contributed by atoms with Crippen LogP contribution in [0.3, 0.4) is 0 Å². The van der Waals surface area contributed by atoms with Crippen molar-refractivity contribution in [2.75, 3.05) is 44.7 Å². The number of aliphatic hydroxyl groups is 1. The zero-order valence-corrected chi connectivity index (χ0v) is 17.3. The lowest BCUT2D eigenvalue weighted by Crippen LogP contribution is -2.41. The van der Waals surface area contributed by atoms with Crippen molar-refractivity contribution in [1.82, 2.24) is 14.9 Å². The molecule has 0 saturated carbocycles. The first-order valence-corrected chi connectivity index (χ1v) is 9.94. The van der Waals surface area contributed by atoms with Crippen molar-refractivity contribution in [3.8, 4) is 0 Å². The molecule has 0 aromatic carbocycles. The van der Waals surface area contributed by atoms with Crippen LogP contribution in [0.2, 0.25) is 0 Å². The van der Waals surface area contributed by atoms with Crippen LogP contribution in [-0.2, 0) is 9.31 Å². The highest BCUT2D eigenvalue weighted by Gasteiger charge is 2.51. The lowest BCUT2D eigenvalue weighted by atomic mass is 9.81. The molecule has 8 heteroatoms. The highest BCUT2D eigenvalue weighted by atomic mass is 16.7. The quantitative estimate of drug-likeness (QED) is 0.741. The number of aliphatic hydroxyl groups excluding tert-OH is 1. The average Bonchev–Trinajstić information content (AvgIpc) is 2.83. The summed E-state index contributed by atoms with van der Waals surface area (Å²) >= 11 is 0. The first-order valence-electron chi connectivity index (χ1n) is 9.94. The van der Waals surface area contributed by atoms with Gasteiger partial charge in [-0.3, -0.25) is 0 Å². The first kappa shape index (κ1) is 20.5. The third kappa shape index (κ3) is 4.62. The molecule has 0 aliphatic carbocycles. The van der Waals surface area contributed by atoms with E-state index in [4.69, 9.17) is 14.4 Å². The van der Waals surface area contributed by atoms with Crippen molar-refractivity contribution in [3.05, 3.63) is 12.4 Å².